The van der Waals surface area contributed by atoms with Gasteiger partial charge in [-0.25, -0.2) is 15.0 Å². The van der Waals surface area contributed by atoms with Crippen LogP contribution in [0.2, 0.25) is 0 Å². The number of nitrogens with one attached hydrogen (secondary N) is 1. The summed E-state index contributed by atoms with van der Waals surface area (Å²) in [6, 6.07) is 14.7. The first-order valence-electron chi connectivity index (χ1n) is 11.0. The van der Waals surface area contributed by atoms with E-state index in [1.54, 1.807) is 26.2 Å². The average molecular weight is 443 g/mol. The number of nitrogens with zero attached hydrogens (tertiary/aromatic N) is 3. The molecule has 2 aromatic carbocycles. The molecule has 2 heterocycles. The molecule has 1 aliphatic heterocycles. The lowest BCUT2D eigenvalue weighted by Gasteiger charge is -2.18. The van der Waals surface area contributed by atoms with Crippen molar-refractivity contribution in [2.75, 3.05) is 11.9 Å². The van der Waals surface area contributed by atoms with Gasteiger partial charge >= 0.3 is 12.0 Å². The first kappa shape index (κ1) is 21.1. The van der Waals surface area contributed by atoms with Gasteiger partial charge in [0.1, 0.15) is 12.4 Å². The normalized spacial score (nSPS) is 15.7. The van der Waals surface area contributed by atoms with Gasteiger partial charge < -0.3 is 15.2 Å². The number of carboxylic acid groups (broad SMARTS) is 1. The molecule has 0 radical (unpaired) electrons. The SMILES string of the molecule is Cc1cc(NC2=Nc3ccccc3C23CC3)ccc1-c1cnc(OCC(C)(C)C(=O)O)nc1. The zero-order valence-corrected chi connectivity index (χ0v) is 18.9. The highest BCUT2D eigenvalue weighted by atomic mass is 16.5. The van der Waals surface area contributed by atoms with Gasteiger partial charge in [0.15, 0.2) is 0 Å². The third-order valence-electron chi connectivity index (χ3n) is 6.42. The summed E-state index contributed by atoms with van der Waals surface area (Å²) < 4.78 is 5.47. The third-order valence-corrected chi connectivity index (χ3v) is 6.42. The molecule has 2 aliphatic rings. The number of ether oxygens (including phenoxy) is 1. The lowest BCUT2D eigenvalue weighted by molar-refractivity contribution is -0.148. The number of aliphatic carboxylic acids is 1. The third kappa shape index (κ3) is 3.84. The maximum atomic E-state index is 11.2. The number of para-hydroxylation sites is 1. The zero-order chi connectivity index (χ0) is 23.2. The minimum atomic E-state index is -1.01. The number of benzene rings is 2. The Kier molecular flexibility index (Phi) is 4.92. The van der Waals surface area contributed by atoms with Crippen LogP contribution in [0.1, 0.15) is 37.8 Å². The first-order valence-corrected chi connectivity index (χ1v) is 11.0. The Morgan fingerprint density at radius 2 is 1.88 bits per heavy atom. The summed E-state index contributed by atoms with van der Waals surface area (Å²) >= 11 is 0. The number of rotatable bonds is 6. The highest BCUT2D eigenvalue weighted by Gasteiger charge is 2.53. The second-order valence-corrected chi connectivity index (χ2v) is 9.45. The summed E-state index contributed by atoms with van der Waals surface area (Å²) in [4.78, 5) is 24.6. The van der Waals surface area contributed by atoms with Crippen molar-refractivity contribution in [2.24, 2.45) is 10.4 Å². The second-order valence-electron chi connectivity index (χ2n) is 9.45. The average Bonchev–Trinajstić information content (AvgIpc) is 3.54. The quantitative estimate of drug-likeness (QED) is 0.549. The molecule has 7 heteroatoms. The molecular formula is C26H26N4O3. The smallest absolute Gasteiger partial charge is 0.316 e. The van der Waals surface area contributed by atoms with Crippen molar-refractivity contribution in [3.63, 3.8) is 0 Å². The largest absolute Gasteiger partial charge is 0.481 e. The second kappa shape index (κ2) is 7.69. The van der Waals surface area contributed by atoms with Gasteiger partial charge in [0, 0.05) is 23.6 Å². The van der Waals surface area contributed by atoms with E-state index in [1.165, 1.54) is 5.56 Å². The number of anilines is 1. The molecule has 0 amide bonds. The van der Waals surface area contributed by atoms with Gasteiger partial charge in [-0.15, -0.1) is 0 Å². The lowest BCUT2D eigenvalue weighted by Crippen LogP contribution is -2.31. The predicted molar refractivity (Wildman–Crippen MR) is 127 cm³/mol. The molecule has 7 nitrogen and oxygen atoms in total. The standard InChI is InChI=1S/C26H26N4O3/c1-16-12-18(29-22-26(10-11-26)20-6-4-5-7-21(20)30-22)8-9-19(16)17-13-27-24(28-14-17)33-15-25(2,3)23(31)32/h4-9,12-14H,10-11,15H2,1-3H3,(H,29,30)(H,31,32). The summed E-state index contributed by atoms with van der Waals surface area (Å²) in [5.74, 6) is 0.105. The monoisotopic (exact) mass is 442 g/mol. The van der Waals surface area contributed by atoms with Crippen LogP contribution in [0.25, 0.3) is 11.1 Å². The van der Waals surface area contributed by atoms with Crippen molar-refractivity contribution in [3.05, 3.63) is 66.0 Å². The van der Waals surface area contributed by atoms with E-state index >= 15 is 0 Å². The molecule has 3 aromatic rings. The Morgan fingerprint density at radius 3 is 2.55 bits per heavy atom. The van der Waals surface area contributed by atoms with E-state index in [4.69, 9.17) is 9.73 Å². The van der Waals surface area contributed by atoms with Crippen molar-refractivity contribution in [2.45, 2.75) is 39.0 Å². The van der Waals surface area contributed by atoms with Crippen LogP contribution in [0.15, 0.2) is 59.9 Å². The topological polar surface area (TPSA) is 96.7 Å². The molecule has 5 rings (SSSR count). The minimum Gasteiger partial charge on any atom is -0.481 e. The number of aromatic nitrogens is 2. The van der Waals surface area contributed by atoms with Crippen LogP contribution < -0.4 is 10.1 Å². The van der Waals surface area contributed by atoms with E-state index in [0.29, 0.717) is 0 Å². The van der Waals surface area contributed by atoms with Crippen LogP contribution in [-0.2, 0) is 10.2 Å². The Hall–Kier alpha value is -3.74. The number of hydrogen-bond donors (Lipinski definition) is 2. The van der Waals surface area contributed by atoms with Gasteiger partial charge in [-0.1, -0.05) is 24.3 Å². The number of aliphatic imine (C=N–C) groups is 1. The van der Waals surface area contributed by atoms with Gasteiger partial charge in [-0.2, -0.15) is 0 Å². The van der Waals surface area contributed by atoms with E-state index in [9.17, 15) is 9.90 Å². The molecule has 0 bridgehead atoms. The van der Waals surface area contributed by atoms with E-state index in [1.807, 2.05) is 18.2 Å². The van der Waals surface area contributed by atoms with Crippen molar-refractivity contribution in [3.8, 4) is 17.1 Å². The number of fused-ring (bicyclic) bond motifs is 2. The van der Waals surface area contributed by atoms with Crippen molar-refractivity contribution >= 4 is 23.2 Å². The maximum Gasteiger partial charge on any atom is 0.316 e. The van der Waals surface area contributed by atoms with Gasteiger partial charge in [-0.3, -0.25) is 4.79 Å². The van der Waals surface area contributed by atoms with Gasteiger partial charge in [0.2, 0.25) is 0 Å². The molecule has 1 aromatic heterocycles. The van der Waals surface area contributed by atoms with E-state index in [0.717, 1.165) is 46.7 Å². The molecule has 2 N–H and O–H groups in total. The number of carboxylic acids is 1. The number of aryl methyl sites for hydroxylation is 1. The van der Waals surface area contributed by atoms with E-state index in [-0.39, 0.29) is 18.0 Å². The summed E-state index contributed by atoms with van der Waals surface area (Å²) in [7, 11) is 0. The van der Waals surface area contributed by atoms with Crippen LogP contribution in [0, 0.1) is 12.3 Å². The fourth-order valence-corrected chi connectivity index (χ4v) is 4.15. The minimum absolute atomic E-state index is 0.00365. The fraction of sp³-hybridized carbons (Fsp3) is 0.308. The molecule has 33 heavy (non-hydrogen) atoms. The van der Waals surface area contributed by atoms with Crippen LogP contribution in [0.3, 0.4) is 0 Å². The van der Waals surface area contributed by atoms with E-state index in [2.05, 4.69) is 46.5 Å². The van der Waals surface area contributed by atoms with Crippen LogP contribution in [0.5, 0.6) is 6.01 Å². The molecule has 1 fully saturated rings. The molecule has 1 spiro atoms. The first-order chi connectivity index (χ1) is 15.8. The van der Waals surface area contributed by atoms with Gasteiger partial charge in [-0.05, 0) is 68.5 Å². The molecular weight excluding hydrogens is 416 g/mol. The Balaban J connectivity index is 1.30. The Labute approximate surface area is 192 Å². The van der Waals surface area contributed by atoms with Crippen molar-refractivity contribution in [1.29, 1.82) is 0 Å². The highest BCUT2D eigenvalue weighted by Crippen LogP contribution is 2.56. The maximum absolute atomic E-state index is 11.2. The van der Waals surface area contributed by atoms with Gasteiger partial charge in [0.05, 0.1) is 16.5 Å². The zero-order valence-electron chi connectivity index (χ0n) is 18.9. The lowest BCUT2D eigenvalue weighted by atomic mass is 9.95. The fourth-order valence-electron chi connectivity index (χ4n) is 4.15. The Morgan fingerprint density at radius 1 is 1.15 bits per heavy atom. The summed E-state index contributed by atoms with van der Waals surface area (Å²) in [6.45, 7) is 5.25. The van der Waals surface area contributed by atoms with Crippen LogP contribution >= 0.6 is 0 Å². The van der Waals surface area contributed by atoms with Crippen molar-refractivity contribution < 1.29 is 14.6 Å². The molecule has 0 atom stereocenters. The summed E-state index contributed by atoms with van der Waals surface area (Å²) in [6.07, 6.45) is 5.65. The van der Waals surface area contributed by atoms with Gasteiger partial charge in [0.25, 0.3) is 0 Å². The number of amidine groups is 1. The highest BCUT2D eigenvalue weighted by molar-refractivity contribution is 6.10. The molecule has 0 unspecified atom stereocenters. The van der Waals surface area contributed by atoms with Crippen LogP contribution in [0.4, 0.5) is 11.4 Å². The molecule has 168 valence electrons. The van der Waals surface area contributed by atoms with E-state index < -0.39 is 11.4 Å². The molecule has 1 aliphatic carbocycles. The van der Waals surface area contributed by atoms with Crippen molar-refractivity contribution in [1.82, 2.24) is 9.97 Å². The Bertz CT molecular complexity index is 1260. The summed E-state index contributed by atoms with van der Waals surface area (Å²) in [5, 5.41) is 12.8. The molecule has 0 saturated heterocycles. The number of hydrogen-bond acceptors (Lipinski definition) is 6. The number of carbonyl (C=O) groups is 1. The molecule has 1 saturated carbocycles. The predicted octanol–water partition coefficient (Wildman–Crippen LogP) is 5.13. The summed E-state index contributed by atoms with van der Waals surface area (Å²) in [5.41, 5.74) is 5.43. The van der Waals surface area contributed by atoms with Crippen LogP contribution in [-0.4, -0.2) is 33.5 Å².